The molecule has 0 atom stereocenters. The molecule has 0 nitrogen and oxygen atoms in total. The molecule has 0 aliphatic rings. The zero-order chi connectivity index (χ0) is 4.71. The number of rotatable bonds is 0. The van der Waals surface area contributed by atoms with E-state index in [-0.39, 0.29) is 0 Å². The molecule has 0 aliphatic heterocycles. The maximum atomic E-state index is 3.49. The summed E-state index contributed by atoms with van der Waals surface area (Å²) < 4.78 is 0. The lowest BCUT2D eigenvalue weighted by Crippen LogP contribution is -1.29. The van der Waals surface area contributed by atoms with Gasteiger partial charge in [-0.3, -0.25) is 0 Å². The minimum absolute atomic E-state index is 1.00. The summed E-state index contributed by atoms with van der Waals surface area (Å²) in [4.78, 5) is 0. The lowest BCUT2D eigenvalue weighted by Gasteiger charge is -1.36. The van der Waals surface area contributed by atoms with Crippen molar-refractivity contribution >= 4 is 0 Å². The molecular formula is C5H13+. The molecule has 0 aromatic heterocycles. The van der Waals surface area contributed by atoms with Crippen molar-refractivity contribution in [1.29, 1.82) is 0 Å². The Hall–Kier alpha value is -0.130. The van der Waals surface area contributed by atoms with Crippen LogP contribution in [0.2, 0.25) is 0 Å². The molecule has 0 amide bonds. The Labute approximate surface area is 35.2 Å². The van der Waals surface area contributed by atoms with E-state index in [0.29, 0.717) is 0 Å². The summed E-state index contributed by atoms with van der Waals surface area (Å²) in [5, 5.41) is 0. The van der Waals surface area contributed by atoms with E-state index in [9.17, 15) is 0 Å². The summed E-state index contributed by atoms with van der Waals surface area (Å²) in [5.41, 5.74) is 0. The largest absolute Gasteiger partial charge is 0.0822 e. The van der Waals surface area contributed by atoms with Crippen LogP contribution < -0.4 is 0 Å². The molecule has 0 aromatic carbocycles. The van der Waals surface area contributed by atoms with Crippen molar-refractivity contribution in [3.8, 4) is 0 Å². The maximum Gasteiger partial charge on any atom is 0.0822 e. The molecular weight excluding hydrogens is 60.1 g/mol. The molecule has 0 aliphatic carbocycles. The van der Waals surface area contributed by atoms with Crippen LogP contribution in [-0.2, 0) is 0 Å². The fourth-order valence-corrected chi connectivity index (χ4v) is 0. The predicted molar refractivity (Wildman–Crippen MR) is 27.0 cm³/mol. The third-order valence-corrected chi connectivity index (χ3v) is 0. The van der Waals surface area contributed by atoms with E-state index >= 15 is 0 Å². The van der Waals surface area contributed by atoms with E-state index in [2.05, 4.69) is 6.92 Å². The summed E-state index contributed by atoms with van der Waals surface area (Å²) in [7, 11) is 0. The zero-order valence-corrected chi connectivity index (χ0v) is 4.41. The highest BCUT2D eigenvalue weighted by atomic mass is 13.4. The van der Waals surface area contributed by atoms with Gasteiger partial charge in [0, 0.05) is 0 Å². The van der Waals surface area contributed by atoms with Crippen LogP contribution in [0.1, 0.15) is 27.2 Å². The fourth-order valence-electron chi connectivity index (χ4n) is 0. The van der Waals surface area contributed by atoms with Gasteiger partial charge in [0.15, 0.2) is 0 Å². The molecule has 0 N–H and O–H groups in total. The van der Waals surface area contributed by atoms with Crippen LogP contribution in [0.3, 0.4) is 0 Å². The first-order valence-electron chi connectivity index (χ1n) is 2.21. The number of hydrogen-bond donors (Lipinski definition) is 0. The van der Waals surface area contributed by atoms with Crippen LogP contribution in [0.25, 0.3) is 0 Å². The third kappa shape index (κ3) is 801. The van der Waals surface area contributed by atoms with Gasteiger partial charge in [-0.15, -0.1) is 0 Å². The smallest absolute Gasteiger partial charge is 0.0683 e. The summed E-state index contributed by atoms with van der Waals surface area (Å²) >= 11 is 0. The van der Waals surface area contributed by atoms with E-state index in [1.54, 1.807) is 0 Å². The van der Waals surface area contributed by atoms with Crippen LogP contribution in [0.4, 0.5) is 0 Å². The zero-order valence-electron chi connectivity index (χ0n) is 4.41. The van der Waals surface area contributed by atoms with Gasteiger partial charge in [-0.2, -0.15) is 0 Å². The Morgan fingerprint density at radius 3 is 1.40 bits per heavy atom. The molecule has 5 heavy (non-hydrogen) atoms. The highest BCUT2D eigenvalue weighted by Crippen LogP contribution is 1.54. The van der Waals surface area contributed by atoms with Crippen molar-refractivity contribution < 1.29 is 0 Å². The molecule has 0 fully saturated rings. The van der Waals surface area contributed by atoms with Gasteiger partial charge in [0.05, 0.1) is 13.3 Å². The average Bonchev–Trinajstić information content (AvgIpc) is 1.46. The average molecular weight is 73.2 g/mol. The highest BCUT2D eigenvalue weighted by Gasteiger charge is 1.47. The Bertz CT molecular complexity index is 0. The van der Waals surface area contributed by atoms with Crippen molar-refractivity contribution in [2.45, 2.75) is 27.2 Å². The SMILES string of the molecule is CC.[CH2+]CC. The molecule has 0 saturated carbocycles. The van der Waals surface area contributed by atoms with E-state index in [1.807, 2.05) is 20.8 Å². The van der Waals surface area contributed by atoms with Gasteiger partial charge < -0.3 is 0 Å². The van der Waals surface area contributed by atoms with Gasteiger partial charge in [-0.1, -0.05) is 13.8 Å². The second-order valence-electron chi connectivity index (χ2n) is 0.500. The normalized spacial score (nSPS) is 4.60. The first-order valence-corrected chi connectivity index (χ1v) is 2.21. The predicted octanol–water partition coefficient (Wildman–Crippen LogP) is 2.26. The van der Waals surface area contributed by atoms with E-state index in [1.165, 1.54) is 0 Å². The van der Waals surface area contributed by atoms with Crippen LogP contribution in [0.15, 0.2) is 0 Å². The lowest BCUT2D eigenvalue weighted by atomic mass is 10.6. The monoisotopic (exact) mass is 73.1 g/mol. The van der Waals surface area contributed by atoms with Gasteiger partial charge in [0.25, 0.3) is 0 Å². The minimum Gasteiger partial charge on any atom is -0.0683 e. The van der Waals surface area contributed by atoms with Crippen LogP contribution in [0, 0.1) is 6.92 Å². The topological polar surface area (TPSA) is 0 Å². The van der Waals surface area contributed by atoms with E-state index in [4.69, 9.17) is 0 Å². The highest BCUT2D eigenvalue weighted by molar-refractivity contribution is 4.18. The number of hydrogen-bond acceptors (Lipinski definition) is 0. The molecule has 0 bridgehead atoms. The minimum atomic E-state index is 1.00. The Balaban J connectivity index is 0. The van der Waals surface area contributed by atoms with Crippen molar-refractivity contribution in [1.82, 2.24) is 0 Å². The molecule has 0 unspecified atom stereocenters. The van der Waals surface area contributed by atoms with Crippen molar-refractivity contribution in [3.05, 3.63) is 6.92 Å². The molecule has 0 spiro atoms. The van der Waals surface area contributed by atoms with Gasteiger partial charge >= 0.3 is 0 Å². The van der Waals surface area contributed by atoms with Gasteiger partial charge in [0.1, 0.15) is 0 Å². The first-order chi connectivity index (χ1) is 2.41. The summed E-state index contributed by atoms with van der Waals surface area (Å²) in [6.07, 6.45) is 1.00. The van der Waals surface area contributed by atoms with Crippen molar-refractivity contribution in [2.24, 2.45) is 0 Å². The first kappa shape index (κ1) is 8.85. The maximum absolute atomic E-state index is 3.49. The molecule has 0 aromatic rings. The standard InChI is InChI=1S/C3H7.C2H6/c1-3-2;1-2/h1,3H2,2H3;1-2H3/q+1;. The van der Waals surface area contributed by atoms with Crippen molar-refractivity contribution in [2.75, 3.05) is 0 Å². The molecule has 0 heterocycles. The summed E-state index contributed by atoms with van der Waals surface area (Å²) in [5.74, 6) is 0. The molecule has 0 saturated heterocycles. The quantitative estimate of drug-likeness (QED) is 0.386. The van der Waals surface area contributed by atoms with Crippen LogP contribution >= 0.6 is 0 Å². The molecule has 0 heteroatoms. The van der Waals surface area contributed by atoms with Gasteiger partial charge in [0.2, 0.25) is 0 Å². The second kappa shape index (κ2) is 42.1. The molecule has 0 rings (SSSR count). The van der Waals surface area contributed by atoms with Crippen LogP contribution in [0.5, 0.6) is 0 Å². The second-order valence-corrected chi connectivity index (χ2v) is 0.500. The van der Waals surface area contributed by atoms with Gasteiger partial charge in [-0.05, 0) is 6.92 Å². The molecule has 32 valence electrons. The van der Waals surface area contributed by atoms with Gasteiger partial charge in [-0.25, -0.2) is 0 Å². The Morgan fingerprint density at radius 1 is 1.40 bits per heavy atom. The molecule has 0 radical (unpaired) electrons. The Morgan fingerprint density at radius 2 is 1.40 bits per heavy atom. The van der Waals surface area contributed by atoms with Crippen molar-refractivity contribution in [3.63, 3.8) is 0 Å². The fraction of sp³-hybridized carbons (Fsp3) is 0.800. The summed E-state index contributed by atoms with van der Waals surface area (Å²) in [6.45, 7) is 9.50. The lowest BCUT2D eigenvalue weighted by molar-refractivity contribution is 1.23. The third-order valence-electron chi connectivity index (χ3n) is 0. The Kier molecular flexibility index (Phi) is 74.6. The van der Waals surface area contributed by atoms with E-state index < -0.39 is 0 Å². The van der Waals surface area contributed by atoms with Crippen LogP contribution in [-0.4, -0.2) is 0 Å². The summed E-state index contributed by atoms with van der Waals surface area (Å²) in [6, 6.07) is 0. The van der Waals surface area contributed by atoms with E-state index in [0.717, 1.165) is 6.42 Å².